The highest BCUT2D eigenvalue weighted by atomic mass is 16.6. The zero-order chi connectivity index (χ0) is 8.43. The van der Waals surface area contributed by atoms with Crippen molar-refractivity contribution in [1.29, 1.82) is 0 Å². The highest BCUT2D eigenvalue weighted by molar-refractivity contribution is 5.83. The molecular weight excluding hydrogens is 146 g/mol. The lowest BCUT2D eigenvalue weighted by atomic mass is 10.1. The number of nitrogens with zero attached hydrogens (tertiary/aromatic N) is 1. The second-order valence-corrected chi connectivity index (χ2v) is 2.45. The first-order valence-electron chi connectivity index (χ1n) is 3.62. The molecule has 0 aromatic carbocycles. The van der Waals surface area contributed by atoms with E-state index in [2.05, 4.69) is 0 Å². The smallest absolute Gasteiger partial charge is 0.304 e. The van der Waals surface area contributed by atoms with Crippen molar-refractivity contribution in [3.63, 3.8) is 0 Å². The predicted octanol–water partition coefficient (Wildman–Crippen LogP) is 0.128. The summed E-state index contributed by atoms with van der Waals surface area (Å²) in [5.41, 5.74) is 0. The Kier molecular flexibility index (Phi) is 2.12. The van der Waals surface area contributed by atoms with Gasteiger partial charge >= 0.3 is 5.97 Å². The van der Waals surface area contributed by atoms with Crippen LogP contribution < -0.4 is 0 Å². The molecule has 1 aliphatic rings. The molecule has 11 heavy (non-hydrogen) atoms. The van der Waals surface area contributed by atoms with E-state index < -0.39 is 0 Å². The quantitative estimate of drug-likeness (QED) is 0.422. The molecule has 1 fully saturated rings. The lowest BCUT2D eigenvalue weighted by molar-refractivity contribution is -0.181. The minimum Gasteiger partial charge on any atom is -0.441 e. The van der Waals surface area contributed by atoms with E-state index in [1.165, 1.54) is 11.8 Å². The summed E-state index contributed by atoms with van der Waals surface area (Å²) in [6, 6.07) is 0. The minimum absolute atomic E-state index is 0.0544. The number of rotatable bonds is 2. The lowest BCUT2D eigenvalue weighted by Gasteiger charge is -2.38. The van der Waals surface area contributed by atoms with Gasteiger partial charge in [0.05, 0.1) is 6.42 Å². The number of amides is 1. The van der Waals surface area contributed by atoms with Crippen LogP contribution >= 0.6 is 0 Å². The molecule has 4 heteroatoms. The van der Waals surface area contributed by atoms with Crippen LogP contribution in [0.2, 0.25) is 0 Å². The second kappa shape index (κ2) is 2.90. The third-order valence-corrected chi connectivity index (χ3v) is 1.66. The van der Waals surface area contributed by atoms with E-state index in [4.69, 9.17) is 4.74 Å². The van der Waals surface area contributed by atoms with E-state index in [9.17, 15) is 9.59 Å². The van der Waals surface area contributed by atoms with Gasteiger partial charge in [-0.15, -0.1) is 0 Å². The fourth-order valence-electron chi connectivity index (χ4n) is 1.10. The molecule has 1 atom stereocenters. The largest absolute Gasteiger partial charge is 0.441 e. The average Bonchev–Trinajstić information content (AvgIpc) is 1.86. The summed E-state index contributed by atoms with van der Waals surface area (Å²) in [6.45, 7) is 3.81. The summed E-state index contributed by atoms with van der Waals surface area (Å²) in [4.78, 5) is 22.8. The van der Waals surface area contributed by atoms with Crippen LogP contribution in [0.1, 0.15) is 20.3 Å². The molecule has 0 spiro atoms. The van der Waals surface area contributed by atoms with Gasteiger partial charge in [-0.2, -0.15) is 0 Å². The molecule has 0 aromatic rings. The molecule has 0 saturated carbocycles. The van der Waals surface area contributed by atoms with Gasteiger partial charge in [0, 0.05) is 13.5 Å². The standard InChI is InChI=1S/C7H11NO3/c1-3-8-6(10)4-7(8)11-5(2)9/h7H,3-4H2,1-2H3/t7-/m1/s1. The molecule has 62 valence electrons. The van der Waals surface area contributed by atoms with Gasteiger partial charge in [-0.3, -0.25) is 9.59 Å². The Balaban J connectivity index is 2.38. The van der Waals surface area contributed by atoms with E-state index in [1.54, 1.807) is 0 Å². The highest BCUT2D eigenvalue weighted by Gasteiger charge is 2.36. The maximum absolute atomic E-state index is 10.8. The van der Waals surface area contributed by atoms with Crippen LogP contribution in [-0.4, -0.2) is 29.5 Å². The van der Waals surface area contributed by atoms with E-state index in [0.29, 0.717) is 13.0 Å². The second-order valence-electron chi connectivity index (χ2n) is 2.45. The molecule has 0 bridgehead atoms. The fourth-order valence-corrected chi connectivity index (χ4v) is 1.10. The molecule has 1 heterocycles. The number of likely N-dealkylation sites (tertiary alicyclic amines) is 1. The van der Waals surface area contributed by atoms with Crippen LogP contribution in [-0.2, 0) is 14.3 Å². The number of β-lactam (4-membered cyclic amide) rings is 1. The molecule has 0 unspecified atom stereocenters. The summed E-state index contributed by atoms with van der Waals surface area (Å²) < 4.78 is 4.83. The highest BCUT2D eigenvalue weighted by Crippen LogP contribution is 2.19. The van der Waals surface area contributed by atoms with E-state index in [1.807, 2.05) is 6.92 Å². The van der Waals surface area contributed by atoms with Crippen molar-refractivity contribution in [2.24, 2.45) is 0 Å². The van der Waals surface area contributed by atoms with Crippen LogP contribution in [0, 0.1) is 0 Å². The number of carbonyl (C=O) groups is 2. The van der Waals surface area contributed by atoms with E-state index >= 15 is 0 Å². The number of ether oxygens (including phenoxy) is 1. The Hall–Kier alpha value is -1.06. The van der Waals surface area contributed by atoms with Gasteiger partial charge in [0.15, 0.2) is 6.23 Å². The maximum Gasteiger partial charge on any atom is 0.304 e. The van der Waals surface area contributed by atoms with Crippen molar-refractivity contribution in [2.45, 2.75) is 26.5 Å². The number of hydrogen-bond donors (Lipinski definition) is 0. The third kappa shape index (κ3) is 1.50. The lowest BCUT2D eigenvalue weighted by Crippen LogP contribution is -2.54. The SMILES string of the molecule is CCN1C(=O)C[C@H]1OC(C)=O. The fraction of sp³-hybridized carbons (Fsp3) is 0.714. The molecule has 4 nitrogen and oxygen atoms in total. The first-order chi connectivity index (χ1) is 5.15. The van der Waals surface area contributed by atoms with Crippen LogP contribution in [0.5, 0.6) is 0 Å². The molecule has 1 aliphatic heterocycles. The molecule has 0 N–H and O–H groups in total. The third-order valence-electron chi connectivity index (χ3n) is 1.66. The summed E-state index contributed by atoms with van der Waals surface area (Å²) in [5, 5.41) is 0. The topological polar surface area (TPSA) is 46.6 Å². The number of hydrogen-bond acceptors (Lipinski definition) is 3. The van der Waals surface area contributed by atoms with Crippen molar-refractivity contribution >= 4 is 11.9 Å². The maximum atomic E-state index is 10.8. The Morgan fingerprint density at radius 3 is 2.82 bits per heavy atom. The van der Waals surface area contributed by atoms with Crippen LogP contribution in [0.4, 0.5) is 0 Å². The Morgan fingerprint density at radius 2 is 2.45 bits per heavy atom. The van der Waals surface area contributed by atoms with Crippen LogP contribution in [0.25, 0.3) is 0 Å². The molecule has 0 aromatic heterocycles. The summed E-state index contributed by atoms with van der Waals surface area (Å²) in [6.07, 6.45) is 0.0398. The van der Waals surface area contributed by atoms with Gasteiger partial charge in [-0.05, 0) is 6.92 Å². The van der Waals surface area contributed by atoms with Gasteiger partial charge in [0.1, 0.15) is 0 Å². The predicted molar refractivity (Wildman–Crippen MR) is 37.6 cm³/mol. The van der Waals surface area contributed by atoms with E-state index in [0.717, 1.165) is 0 Å². The van der Waals surface area contributed by atoms with Crippen LogP contribution in [0.3, 0.4) is 0 Å². The first kappa shape index (κ1) is 8.04. The summed E-state index contributed by atoms with van der Waals surface area (Å²) in [7, 11) is 0. The van der Waals surface area contributed by atoms with Crippen molar-refractivity contribution in [1.82, 2.24) is 4.90 Å². The number of esters is 1. The van der Waals surface area contributed by atoms with Crippen molar-refractivity contribution in [3.8, 4) is 0 Å². The molecule has 1 rings (SSSR count). The zero-order valence-electron chi connectivity index (χ0n) is 6.66. The molecule has 1 saturated heterocycles. The monoisotopic (exact) mass is 157 g/mol. The van der Waals surface area contributed by atoms with Gasteiger partial charge in [0.2, 0.25) is 5.91 Å². The van der Waals surface area contributed by atoms with Gasteiger partial charge in [0.25, 0.3) is 0 Å². The molecule has 0 radical (unpaired) electrons. The Labute approximate surface area is 65.1 Å². The van der Waals surface area contributed by atoms with Crippen molar-refractivity contribution in [3.05, 3.63) is 0 Å². The van der Waals surface area contributed by atoms with Gasteiger partial charge in [-0.25, -0.2) is 0 Å². The minimum atomic E-state index is -0.332. The Morgan fingerprint density at radius 1 is 1.82 bits per heavy atom. The molecular formula is C7H11NO3. The van der Waals surface area contributed by atoms with Gasteiger partial charge < -0.3 is 9.64 Å². The average molecular weight is 157 g/mol. The van der Waals surface area contributed by atoms with Crippen molar-refractivity contribution in [2.75, 3.05) is 6.54 Å². The summed E-state index contributed by atoms with van der Waals surface area (Å²) in [5.74, 6) is -0.278. The molecule has 0 aliphatic carbocycles. The van der Waals surface area contributed by atoms with Gasteiger partial charge in [-0.1, -0.05) is 0 Å². The Bertz CT molecular complexity index is 190. The summed E-state index contributed by atoms with van der Waals surface area (Å²) >= 11 is 0. The number of carbonyl (C=O) groups excluding carboxylic acids is 2. The van der Waals surface area contributed by atoms with Crippen LogP contribution in [0.15, 0.2) is 0 Å². The normalized spacial score (nSPS) is 22.9. The van der Waals surface area contributed by atoms with Crippen molar-refractivity contribution < 1.29 is 14.3 Å². The first-order valence-corrected chi connectivity index (χ1v) is 3.62. The zero-order valence-corrected chi connectivity index (χ0v) is 6.66. The molecule has 1 amide bonds. The van der Waals surface area contributed by atoms with E-state index in [-0.39, 0.29) is 18.1 Å².